The standard InChI is InChI=1S/C31H36N4O3/c1-6-25-18-35(16-23-9-7-19(2)13-29(23)38-25)17-24-14-22(10-8-20(24)3)27(15-30(36)37)26-11-12-28-31(21(26)4)32-33-34(28)5/h7-14,25,27H,6,15-18H2,1-5H3,(H,36,37). The molecule has 1 aliphatic rings. The number of fused-ring (bicyclic) bond motifs is 2. The largest absolute Gasteiger partial charge is 0.489 e. The highest BCUT2D eigenvalue weighted by molar-refractivity contribution is 5.80. The van der Waals surface area contributed by atoms with E-state index >= 15 is 0 Å². The van der Waals surface area contributed by atoms with Crippen LogP contribution in [-0.4, -0.2) is 43.6 Å². The molecule has 0 bridgehead atoms. The topological polar surface area (TPSA) is 80.5 Å². The van der Waals surface area contributed by atoms with Crippen LogP contribution in [0.15, 0.2) is 48.5 Å². The summed E-state index contributed by atoms with van der Waals surface area (Å²) in [6, 6.07) is 16.9. The molecule has 7 nitrogen and oxygen atoms in total. The summed E-state index contributed by atoms with van der Waals surface area (Å²) in [5.41, 5.74) is 9.54. The number of hydrogen-bond donors (Lipinski definition) is 1. The fourth-order valence-corrected chi connectivity index (χ4v) is 5.57. The maximum absolute atomic E-state index is 12.0. The van der Waals surface area contributed by atoms with E-state index in [1.54, 1.807) is 4.68 Å². The lowest BCUT2D eigenvalue weighted by Crippen LogP contribution is -2.32. The number of aryl methyl sites for hydroxylation is 4. The minimum atomic E-state index is -0.821. The van der Waals surface area contributed by atoms with Crippen LogP contribution in [0.1, 0.15) is 64.6 Å². The smallest absolute Gasteiger partial charge is 0.304 e. The van der Waals surface area contributed by atoms with Gasteiger partial charge in [-0.05, 0) is 72.7 Å². The molecule has 0 fully saturated rings. The van der Waals surface area contributed by atoms with Gasteiger partial charge in [0.1, 0.15) is 17.4 Å². The molecule has 0 saturated carbocycles. The van der Waals surface area contributed by atoms with Crippen LogP contribution >= 0.6 is 0 Å². The molecule has 2 atom stereocenters. The van der Waals surface area contributed by atoms with Crippen molar-refractivity contribution in [3.05, 3.63) is 87.5 Å². The second-order valence-electron chi connectivity index (χ2n) is 10.6. The number of aliphatic carboxylic acids is 1. The molecule has 0 saturated heterocycles. The van der Waals surface area contributed by atoms with Crippen molar-refractivity contribution in [3.8, 4) is 5.75 Å². The first-order valence-corrected chi connectivity index (χ1v) is 13.3. The summed E-state index contributed by atoms with van der Waals surface area (Å²) in [6.45, 7) is 10.8. The van der Waals surface area contributed by atoms with Gasteiger partial charge in [0.2, 0.25) is 0 Å². The zero-order valence-electron chi connectivity index (χ0n) is 22.9. The van der Waals surface area contributed by atoms with Gasteiger partial charge in [-0.1, -0.05) is 48.5 Å². The first-order valence-electron chi connectivity index (χ1n) is 13.3. The molecule has 2 unspecified atom stereocenters. The third-order valence-electron chi connectivity index (χ3n) is 7.83. The van der Waals surface area contributed by atoms with Gasteiger partial charge in [0.25, 0.3) is 0 Å². The molecule has 38 heavy (non-hydrogen) atoms. The van der Waals surface area contributed by atoms with Crippen LogP contribution in [0.5, 0.6) is 5.75 Å². The minimum Gasteiger partial charge on any atom is -0.489 e. The Balaban J connectivity index is 1.49. The molecule has 1 aromatic heterocycles. The Kier molecular flexibility index (Phi) is 7.21. The number of rotatable bonds is 7. The number of carboxylic acids is 1. The van der Waals surface area contributed by atoms with Crippen LogP contribution < -0.4 is 4.74 Å². The molecule has 0 aliphatic carbocycles. The van der Waals surface area contributed by atoms with Crippen molar-refractivity contribution in [1.29, 1.82) is 0 Å². The molecule has 0 spiro atoms. The van der Waals surface area contributed by atoms with E-state index < -0.39 is 5.97 Å². The van der Waals surface area contributed by atoms with Crippen molar-refractivity contribution in [2.75, 3.05) is 6.54 Å². The summed E-state index contributed by atoms with van der Waals surface area (Å²) in [4.78, 5) is 14.4. The molecule has 1 aliphatic heterocycles. The number of nitrogens with zero attached hydrogens (tertiary/aromatic N) is 4. The van der Waals surface area contributed by atoms with Crippen LogP contribution in [0.3, 0.4) is 0 Å². The molecule has 2 heterocycles. The molecule has 5 rings (SSSR count). The predicted molar refractivity (Wildman–Crippen MR) is 149 cm³/mol. The number of ether oxygens (including phenoxy) is 1. The first kappa shape index (κ1) is 25.9. The zero-order chi connectivity index (χ0) is 27.0. The molecule has 7 heteroatoms. The number of aromatic nitrogens is 3. The van der Waals surface area contributed by atoms with E-state index in [0.29, 0.717) is 0 Å². The Labute approximate surface area is 224 Å². The fraction of sp³-hybridized carbons (Fsp3) is 0.387. The molecule has 1 N–H and O–H groups in total. The van der Waals surface area contributed by atoms with Gasteiger partial charge < -0.3 is 9.84 Å². The summed E-state index contributed by atoms with van der Waals surface area (Å²) in [5.74, 6) is -0.114. The van der Waals surface area contributed by atoms with Gasteiger partial charge >= 0.3 is 5.97 Å². The van der Waals surface area contributed by atoms with Gasteiger partial charge in [0.15, 0.2) is 0 Å². The maximum atomic E-state index is 12.0. The van der Waals surface area contributed by atoms with E-state index in [9.17, 15) is 9.90 Å². The third-order valence-corrected chi connectivity index (χ3v) is 7.83. The quantitative estimate of drug-likeness (QED) is 0.344. The molecule has 198 valence electrons. The van der Waals surface area contributed by atoms with Crippen molar-refractivity contribution in [2.24, 2.45) is 7.05 Å². The Morgan fingerprint density at radius 2 is 1.95 bits per heavy atom. The SMILES string of the molecule is CCC1CN(Cc2cc(C(CC(=O)O)c3ccc4c(nnn4C)c3C)ccc2C)Cc2ccc(C)cc2O1. The van der Waals surface area contributed by atoms with Crippen molar-refractivity contribution < 1.29 is 14.6 Å². The lowest BCUT2D eigenvalue weighted by atomic mass is 9.84. The third kappa shape index (κ3) is 5.16. The predicted octanol–water partition coefficient (Wildman–Crippen LogP) is 5.67. The summed E-state index contributed by atoms with van der Waals surface area (Å²) < 4.78 is 8.13. The van der Waals surface area contributed by atoms with Crippen molar-refractivity contribution in [3.63, 3.8) is 0 Å². The highest BCUT2D eigenvalue weighted by atomic mass is 16.5. The highest BCUT2D eigenvalue weighted by Crippen LogP contribution is 2.35. The minimum absolute atomic E-state index is 0.0112. The Bertz CT molecular complexity index is 1490. The summed E-state index contributed by atoms with van der Waals surface area (Å²) >= 11 is 0. The zero-order valence-corrected chi connectivity index (χ0v) is 22.9. The van der Waals surface area contributed by atoms with Gasteiger partial charge in [-0.2, -0.15) is 0 Å². The first-order chi connectivity index (χ1) is 18.2. The van der Waals surface area contributed by atoms with Crippen molar-refractivity contribution in [2.45, 2.75) is 65.6 Å². The van der Waals surface area contributed by atoms with Crippen LogP contribution in [-0.2, 0) is 24.9 Å². The van der Waals surface area contributed by atoms with Crippen molar-refractivity contribution >= 4 is 17.0 Å². The number of benzene rings is 3. The van der Waals surface area contributed by atoms with Crippen LogP contribution in [0, 0.1) is 20.8 Å². The number of carbonyl (C=O) groups is 1. The molecule has 0 amide bonds. The van der Waals surface area contributed by atoms with Crippen LogP contribution in [0.2, 0.25) is 0 Å². The van der Waals surface area contributed by atoms with E-state index in [0.717, 1.165) is 59.5 Å². The average Bonchev–Trinajstić information content (AvgIpc) is 3.17. The maximum Gasteiger partial charge on any atom is 0.304 e. The Morgan fingerprint density at radius 3 is 2.71 bits per heavy atom. The molecule has 3 aromatic carbocycles. The summed E-state index contributed by atoms with van der Waals surface area (Å²) in [6.07, 6.45) is 1.08. The molecule has 4 aromatic rings. The molecular weight excluding hydrogens is 476 g/mol. The van der Waals surface area contributed by atoms with E-state index in [2.05, 4.69) is 72.4 Å². The van der Waals surface area contributed by atoms with Gasteiger partial charge in [0, 0.05) is 38.2 Å². The van der Waals surface area contributed by atoms with Crippen LogP contribution in [0.25, 0.3) is 11.0 Å². The van der Waals surface area contributed by atoms with Crippen LogP contribution in [0.4, 0.5) is 0 Å². The van der Waals surface area contributed by atoms with Gasteiger partial charge in [-0.15, -0.1) is 5.10 Å². The molecule has 0 radical (unpaired) electrons. The monoisotopic (exact) mass is 512 g/mol. The second kappa shape index (κ2) is 10.6. The lowest BCUT2D eigenvalue weighted by Gasteiger charge is -2.25. The summed E-state index contributed by atoms with van der Waals surface area (Å²) in [7, 11) is 1.87. The van der Waals surface area contributed by atoms with E-state index in [-0.39, 0.29) is 18.4 Å². The Morgan fingerprint density at radius 1 is 1.13 bits per heavy atom. The van der Waals surface area contributed by atoms with E-state index in [1.807, 2.05) is 26.1 Å². The fourth-order valence-electron chi connectivity index (χ4n) is 5.57. The van der Waals surface area contributed by atoms with Crippen molar-refractivity contribution in [1.82, 2.24) is 19.9 Å². The lowest BCUT2D eigenvalue weighted by molar-refractivity contribution is -0.137. The number of hydrogen-bond acceptors (Lipinski definition) is 5. The van der Waals surface area contributed by atoms with E-state index in [1.165, 1.54) is 22.3 Å². The number of carboxylic acid groups (broad SMARTS) is 1. The van der Waals surface area contributed by atoms with Gasteiger partial charge in [0.05, 0.1) is 11.9 Å². The summed E-state index contributed by atoms with van der Waals surface area (Å²) in [5, 5.41) is 18.3. The average molecular weight is 513 g/mol. The highest BCUT2D eigenvalue weighted by Gasteiger charge is 2.25. The van der Waals surface area contributed by atoms with Gasteiger partial charge in [-0.25, -0.2) is 4.68 Å². The Hall–Kier alpha value is -3.71. The van der Waals surface area contributed by atoms with Gasteiger partial charge in [-0.3, -0.25) is 9.69 Å². The normalized spacial score (nSPS) is 16.6. The molecular formula is C31H36N4O3. The van der Waals surface area contributed by atoms with E-state index in [4.69, 9.17) is 4.74 Å². The second-order valence-corrected chi connectivity index (χ2v) is 10.6.